The van der Waals surface area contributed by atoms with Gasteiger partial charge in [0, 0.05) is 38.1 Å². The third kappa shape index (κ3) is 6.86. The fourth-order valence-corrected chi connectivity index (χ4v) is 5.79. The lowest BCUT2D eigenvalue weighted by Gasteiger charge is -2.34. The molecule has 0 radical (unpaired) electrons. The second-order valence-corrected chi connectivity index (χ2v) is 11.3. The first-order valence-electron chi connectivity index (χ1n) is 14.3. The van der Waals surface area contributed by atoms with Gasteiger partial charge >= 0.3 is 0 Å². The van der Waals surface area contributed by atoms with Crippen molar-refractivity contribution in [2.24, 2.45) is 0 Å². The number of imidazole rings is 1. The molecule has 0 saturated carbocycles. The zero-order valence-corrected chi connectivity index (χ0v) is 24.6. The lowest BCUT2D eigenvalue weighted by Crippen LogP contribution is -2.43. The van der Waals surface area contributed by atoms with Crippen molar-refractivity contribution in [2.45, 2.75) is 19.4 Å². The number of aliphatic hydroxyl groups is 1. The molecule has 1 unspecified atom stereocenters. The normalized spacial score (nSPS) is 14.6. The van der Waals surface area contributed by atoms with Crippen molar-refractivity contribution >= 4 is 34.6 Å². The maximum Gasteiger partial charge on any atom is 0.261 e. The molecule has 222 valence electrons. The highest BCUT2D eigenvalue weighted by molar-refractivity contribution is 7.92. The van der Waals surface area contributed by atoms with Crippen molar-refractivity contribution in [1.82, 2.24) is 19.3 Å². The Labute approximate surface area is 253 Å². The summed E-state index contributed by atoms with van der Waals surface area (Å²) in [5, 5.41) is 13.5. The first-order valence-corrected chi connectivity index (χ1v) is 15.0. The van der Waals surface area contributed by atoms with Gasteiger partial charge in [-0.25, -0.2) is 9.29 Å². The monoisotopic (exact) mass is 598 g/mol. The van der Waals surface area contributed by atoms with Crippen LogP contribution in [0.25, 0.3) is 22.4 Å². The molecular formula is C32H34N6O4S. The van der Waals surface area contributed by atoms with Crippen LogP contribution in [0.5, 0.6) is 5.75 Å². The van der Waals surface area contributed by atoms with E-state index in [1.807, 2.05) is 73.7 Å². The molecule has 0 bridgehead atoms. The average molecular weight is 599 g/mol. The maximum atomic E-state index is 13.1. The van der Waals surface area contributed by atoms with Gasteiger partial charge in [0.25, 0.3) is 5.56 Å². The van der Waals surface area contributed by atoms with Crippen LogP contribution < -0.4 is 20.7 Å². The number of anilines is 2. The Morgan fingerprint density at radius 1 is 1.02 bits per heavy atom. The number of benzene rings is 3. The number of nitrogens with zero attached hydrogens (tertiary/aromatic N) is 3. The van der Waals surface area contributed by atoms with E-state index in [0.29, 0.717) is 29.2 Å². The third-order valence-corrected chi connectivity index (χ3v) is 8.18. The van der Waals surface area contributed by atoms with Crippen LogP contribution >= 0.6 is 12.2 Å². The highest BCUT2D eigenvalue weighted by Gasteiger charge is 2.22. The van der Waals surface area contributed by atoms with Gasteiger partial charge < -0.3 is 30.2 Å². The van der Waals surface area contributed by atoms with E-state index >= 15 is 0 Å². The number of aromatic amines is 2. The summed E-state index contributed by atoms with van der Waals surface area (Å²) in [5.41, 5.74) is 5.65. The van der Waals surface area contributed by atoms with Gasteiger partial charge in [0.05, 0.1) is 29.4 Å². The molecule has 4 N–H and O–H groups in total. The SMILES string of the molecule is Cc1cc(N2CCN(SOOc3ccccc3)CC2)cc2[nH]c(-c3c(NC(CO)Cc4ccccc4)cc[nH]c3=O)nc12. The number of fused-ring (bicyclic) bond motifs is 1. The maximum absolute atomic E-state index is 13.1. The van der Waals surface area contributed by atoms with Gasteiger partial charge in [-0.3, -0.25) is 4.79 Å². The molecule has 2 aromatic heterocycles. The highest BCUT2D eigenvalue weighted by Crippen LogP contribution is 2.30. The molecule has 1 aliphatic heterocycles. The van der Waals surface area contributed by atoms with Crippen molar-refractivity contribution in [2.75, 3.05) is 43.0 Å². The van der Waals surface area contributed by atoms with E-state index in [-0.39, 0.29) is 18.2 Å². The minimum atomic E-state index is -0.271. The van der Waals surface area contributed by atoms with Crippen LogP contribution in [0.1, 0.15) is 11.1 Å². The number of pyridine rings is 1. The van der Waals surface area contributed by atoms with Crippen molar-refractivity contribution in [3.05, 3.63) is 107 Å². The Hall–Kier alpha value is -4.29. The second kappa shape index (κ2) is 13.3. The molecule has 43 heavy (non-hydrogen) atoms. The largest absolute Gasteiger partial charge is 0.394 e. The molecule has 3 heterocycles. The first-order chi connectivity index (χ1) is 21.1. The Morgan fingerprint density at radius 2 is 1.77 bits per heavy atom. The molecule has 1 aliphatic rings. The van der Waals surface area contributed by atoms with Crippen LogP contribution in [0, 0.1) is 6.92 Å². The van der Waals surface area contributed by atoms with E-state index in [1.165, 1.54) is 12.2 Å². The van der Waals surface area contributed by atoms with Crippen molar-refractivity contribution < 1.29 is 14.3 Å². The van der Waals surface area contributed by atoms with Crippen molar-refractivity contribution in [3.8, 4) is 17.1 Å². The molecule has 11 heteroatoms. The molecule has 5 aromatic rings. The van der Waals surface area contributed by atoms with Gasteiger partial charge in [0.2, 0.25) is 0 Å². The molecule has 1 atom stereocenters. The lowest BCUT2D eigenvalue weighted by atomic mass is 10.1. The minimum Gasteiger partial charge on any atom is -0.394 e. The summed E-state index contributed by atoms with van der Waals surface area (Å²) in [7, 11) is 0. The van der Waals surface area contributed by atoms with Crippen LogP contribution in [0.15, 0.2) is 89.9 Å². The summed E-state index contributed by atoms with van der Waals surface area (Å²) in [4.78, 5) is 31.8. The first kappa shape index (κ1) is 28.8. The van der Waals surface area contributed by atoms with Gasteiger partial charge in [-0.1, -0.05) is 52.9 Å². The molecule has 0 aliphatic carbocycles. The number of hydrogen-bond donors (Lipinski definition) is 4. The molecule has 0 amide bonds. The van der Waals surface area contributed by atoms with E-state index in [4.69, 9.17) is 14.2 Å². The van der Waals surface area contributed by atoms with Crippen LogP contribution in [0.4, 0.5) is 11.4 Å². The number of hydrogen-bond acceptors (Lipinski definition) is 9. The fourth-order valence-electron chi connectivity index (χ4n) is 5.28. The number of H-pyrrole nitrogens is 2. The summed E-state index contributed by atoms with van der Waals surface area (Å²) in [6.07, 6.45) is 2.22. The Morgan fingerprint density at radius 3 is 2.51 bits per heavy atom. The number of aromatic nitrogens is 3. The standard InChI is InChI=1S/C32H34N6O4S/c1-22-18-25(37-14-16-38(17-15-37)43-42-41-26-10-6-3-7-11-26)20-28-30(22)36-31(35-28)29-27(12-13-33-32(29)40)34-24(21-39)19-23-8-4-2-5-9-23/h2-13,18,20,24,39H,14-17,19,21H2,1H3,(H,35,36)(H2,33,34,40). The van der Waals surface area contributed by atoms with Gasteiger partial charge in [0.1, 0.15) is 23.6 Å². The molecule has 6 rings (SSSR count). The topological polar surface area (TPSA) is 119 Å². The summed E-state index contributed by atoms with van der Waals surface area (Å²) >= 11 is 1.22. The van der Waals surface area contributed by atoms with Crippen LogP contribution in [-0.4, -0.2) is 63.2 Å². The summed E-state index contributed by atoms with van der Waals surface area (Å²) in [6.45, 7) is 5.21. The van der Waals surface area contributed by atoms with E-state index in [0.717, 1.165) is 54.0 Å². The summed E-state index contributed by atoms with van der Waals surface area (Å²) in [5.74, 6) is 1.14. The molecule has 0 spiro atoms. The van der Waals surface area contributed by atoms with Gasteiger partial charge in [-0.2, -0.15) is 0 Å². The Kier molecular flexibility index (Phi) is 8.94. The number of nitrogens with one attached hydrogen (secondary N) is 3. The number of rotatable bonds is 11. The fraction of sp³-hybridized carbons (Fsp3) is 0.250. The van der Waals surface area contributed by atoms with Gasteiger partial charge in [0.15, 0.2) is 5.75 Å². The molecule has 1 saturated heterocycles. The molecule has 1 fully saturated rings. The average Bonchev–Trinajstić information content (AvgIpc) is 3.46. The Balaban J connectivity index is 1.16. The number of aryl methyl sites for hydroxylation is 1. The quantitative estimate of drug-likeness (QED) is 0.0726. The zero-order valence-electron chi connectivity index (χ0n) is 23.8. The minimum absolute atomic E-state index is 0.0817. The van der Waals surface area contributed by atoms with Crippen molar-refractivity contribution in [3.63, 3.8) is 0 Å². The lowest BCUT2D eigenvalue weighted by molar-refractivity contribution is -0.0824. The van der Waals surface area contributed by atoms with E-state index in [9.17, 15) is 9.90 Å². The molecule has 3 aromatic carbocycles. The smallest absolute Gasteiger partial charge is 0.261 e. The van der Waals surface area contributed by atoms with Gasteiger partial charge in [-0.05, 0) is 54.8 Å². The van der Waals surface area contributed by atoms with E-state index in [1.54, 1.807) is 6.20 Å². The third-order valence-electron chi connectivity index (χ3n) is 7.48. The van der Waals surface area contributed by atoms with Crippen LogP contribution in [0.2, 0.25) is 0 Å². The van der Waals surface area contributed by atoms with E-state index in [2.05, 4.69) is 36.6 Å². The molecule has 10 nitrogen and oxygen atoms in total. The van der Waals surface area contributed by atoms with E-state index < -0.39 is 0 Å². The number of aliphatic hydroxyl groups excluding tert-OH is 1. The second-order valence-electron chi connectivity index (χ2n) is 10.5. The summed E-state index contributed by atoms with van der Waals surface area (Å²) in [6, 6.07) is 25.2. The van der Waals surface area contributed by atoms with Crippen LogP contribution in [0.3, 0.4) is 0 Å². The summed E-state index contributed by atoms with van der Waals surface area (Å²) < 4.78 is 7.50. The predicted molar refractivity (Wildman–Crippen MR) is 171 cm³/mol. The van der Waals surface area contributed by atoms with Crippen molar-refractivity contribution in [1.29, 1.82) is 0 Å². The van der Waals surface area contributed by atoms with Crippen LogP contribution in [-0.2, 0) is 10.8 Å². The number of para-hydroxylation sites is 1. The number of piperazine rings is 1. The Bertz CT molecular complexity index is 1700. The van der Waals surface area contributed by atoms with Gasteiger partial charge in [-0.15, -0.1) is 0 Å². The molecular weight excluding hydrogens is 564 g/mol. The zero-order chi connectivity index (χ0) is 29.6. The highest BCUT2D eigenvalue weighted by atomic mass is 32.2. The predicted octanol–water partition coefficient (Wildman–Crippen LogP) is 4.94.